The van der Waals surface area contributed by atoms with Crippen LogP contribution in [0.15, 0.2) is 76.0 Å². The van der Waals surface area contributed by atoms with Gasteiger partial charge in [-0.3, -0.25) is 18.8 Å². The van der Waals surface area contributed by atoms with Crippen LogP contribution >= 0.6 is 48.0 Å². The fourth-order valence-electron chi connectivity index (χ4n) is 8.09. The number of halogens is 4. The Labute approximate surface area is 317 Å². The highest BCUT2D eigenvalue weighted by Gasteiger charge is 2.43. The van der Waals surface area contributed by atoms with Crippen LogP contribution in [0.25, 0.3) is 0 Å². The summed E-state index contributed by atoms with van der Waals surface area (Å²) in [6, 6.07) is 14.9. The molecule has 4 aliphatic heterocycles. The predicted octanol–water partition coefficient (Wildman–Crippen LogP) is 5.56. The maximum Gasteiger partial charge on any atom is 0.334 e. The largest absolute Gasteiger partial charge is 0.478 e. The number of piperazine rings is 1. The van der Waals surface area contributed by atoms with Crippen molar-refractivity contribution in [1.29, 1.82) is 0 Å². The fourth-order valence-corrected chi connectivity index (χ4v) is 9.82. The Bertz CT molecular complexity index is 1650. The van der Waals surface area contributed by atoms with Crippen molar-refractivity contribution in [2.24, 2.45) is 0 Å². The van der Waals surface area contributed by atoms with Gasteiger partial charge in [0, 0.05) is 76.2 Å². The second-order valence-electron chi connectivity index (χ2n) is 12.8. The number of rotatable bonds is 10. The molecule has 0 spiro atoms. The minimum atomic E-state index is -1.69. The molecule has 10 nitrogen and oxygen atoms in total. The van der Waals surface area contributed by atoms with Gasteiger partial charge in [-0.05, 0) is 56.5 Å². The number of carbonyl (C=O) groups excluding carboxylic acids is 1. The van der Waals surface area contributed by atoms with Crippen molar-refractivity contribution in [2.75, 3.05) is 38.5 Å². The third-order valence-electron chi connectivity index (χ3n) is 10.3. The van der Waals surface area contributed by atoms with E-state index < -0.39 is 28.7 Å². The van der Waals surface area contributed by atoms with Crippen molar-refractivity contribution < 1.29 is 28.8 Å². The van der Waals surface area contributed by atoms with Gasteiger partial charge in [0.2, 0.25) is 5.91 Å². The molecule has 4 unspecified atom stereocenters. The van der Waals surface area contributed by atoms with E-state index in [4.69, 9.17) is 23.2 Å². The molecule has 3 fully saturated rings. The smallest absolute Gasteiger partial charge is 0.334 e. The molecular weight excluding hydrogens is 746 g/mol. The predicted molar refractivity (Wildman–Crippen MR) is 199 cm³/mol. The number of amides is 1. The lowest BCUT2D eigenvalue weighted by Gasteiger charge is -2.45. The van der Waals surface area contributed by atoms with Gasteiger partial charge in [-0.25, -0.2) is 9.59 Å². The first-order valence-electron chi connectivity index (χ1n) is 16.4. The van der Waals surface area contributed by atoms with Crippen molar-refractivity contribution in [3.8, 4) is 0 Å². The number of aliphatic carboxylic acids is 2. The summed E-state index contributed by atoms with van der Waals surface area (Å²) in [6.07, 6.45) is 4.48. The molecule has 4 aliphatic rings. The summed E-state index contributed by atoms with van der Waals surface area (Å²) in [4.78, 5) is 47.1. The highest BCUT2D eigenvalue weighted by molar-refractivity contribution is 7.85. The zero-order chi connectivity index (χ0) is 34.1. The van der Waals surface area contributed by atoms with E-state index in [2.05, 4.69) is 22.0 Å². The summed E-state index contributed by atoms with van der Waals surface area (Å²) >= 11 is 13.1. The van der Waals surface area contributed by atoms with Crippen LogP contribution in [0, 0.1) is 0 Å². The number of dihydropyridines is 1. The second kappa shape index (κ2) is 17.3. The monoisotopic (exact) mass is 786 g/mol. The summed E-state index contributed by atoms with van der Waals surface area (Å²) in [6.45, 7) is 5.82. The number of carbonyl (C=O) groups is 3. The first-order chi connectivity index (χ1) is 23.1. The first-order valence-corrected chi connectivity index (χ1v) is 18.5. The summed E-state index contributed by atoms with van der Waals surface area (Å²) in [5.74, 6) is -4.78. The van der Waals surface area contributed by atoms with Gasteiger partial charge in [-0.15, -0.1) is 24.8 Å². The third-order valence-corrected chi connectivity index (χ3v) is 12.3. The molecule has 0 aromatic heterocycles. The number of nitrogens with one attached hydrogen (secondary N) is 1. The van der Waals surface area contributed by atoms with Crippen LogP contribution in [-0.4, -0.2) is 104 Å². The van der Waals surface area contributed by atoms with Crippen molar-refractivity contribution in [2.45, 2.75) is 68.0 Å². The average molecular weight is 789 g/mol. The van der Waals surface area contributed by atoms with Gasteiger partial charge in [0.15, 0.2) is 0 Å². The minimum absolute atomic E-state index is 0. The summed E-state index contributed by atoms with van der Waals surface area (Å²) in [7, 11) is -1.69. The molecular formula is C35H42Cl4N4O6S. The Morgan fingerprint density at radius 2 is 1.38 bits per heavy atom. The van der Waals surface area contributed by atoms with E-state index in [1.54, 1.807) is 41.3 Å². The van der Waals surface area contributed by atoms with Crippen molar-refractivity contribution in [3.05, 3.63) is 86.7 Å². The molecule has 3 saturated heterocycles. The van der Waals surface area contributed by atoms with Crippen LogP contribution in [0.3, 0.4) is 0 Å². The lowest BCUT2D eigenvalue weighted by Crippen LogP contribution is -2.56. The van der Waals surface area contributed by atoms with Gasteiger partial charge in [-0.1, -0.05) is 54.4 Å². The Hall–Kier alpha value is -2.64. The average Bonchev–Trinajstić information content (AvgIpc) is 3.31. The Morgan fingerprint density at radius 3 is 1.92 bits per heavy atom. The first kappa shape index (κ1) is 40.1. The molecule has 50 heavy (non-hydrogen) atoms. The zero-order valence-electron chi connectivity index (χ0n) is 27.6. The van der Waals surface area contributed by atoms with Gasteiger partial charge in [0.25, 0.3) is 0 Å². The molecule has 0 saturated carbocycles. The fraction of sp³-hybridized carbons (Fsp3) is 0.457. The standard InChI is InChI=1S/C35H40Cl2N4O6S.2ClH/c1-2-41-21-11-12-22(41)18-23(17-21)39-13-15-40(16-14-39)29(42)19-27-31(34(43)44)33(30-25(36)9-6-10-26(30)37)32(35(45)46)28(38-27)20-48(47)24-7-4-3-5-8-24;;/h3-10,21-23,33,38H,2,11-20H2,1H3,(H,43,44)(H,45,46);2*1H. The van der Waals surface area contributed by atoms with Gasteiger partial charge >= 0.3 is 11.9 Å². The number of hydrogen-bond donors (Lipinski definition) is 3. The number of nitrogens with zero attached hydrogens (tertiary/aromatic N) is 3. The van der Waals surface area contributed by atoms with Crippen LogP contribution in [-0.2, 0) is 25.2 Å². The number of carboxylic acid groups (broad SMARTS) is 2. The summed E-state index contributed by atoms with van der Waals surface area (Å²) in [5, 5.41) is 24.2. The molecule has 2 aromatic rings. The molecule has 0 aliphatic carbocycles. The number of carboxylic acids is 2. The second-order valence-corrected chi connectivity index (χ2v) is 15.1. The minimum Gasteiger partial charge on any atom is -0.478 e. The quantitative estimate of drug-likeness (QED) is 0.284. The van der Waals surface area contributed by atoms with Crippen molar-refractivity contribution in [1.82, 2.24) is 20.0 Å². The molecule has 0 radical (unpaired) electrons. The highest BCUT2D eigenvalue weighted by atomic mass is 35.5. The number of piperidine rings is 1. The van der Waals surface area contributed by atoms with Gasteiger partial charge in [0.05, 0.1) is 40.0 Å². The topological polar surface area (TPSA) is 130 Å². The summed E-state index contributed by atoms with van der Waals surface area (Å²) < 4.78 is 13.5. The van der Waals surface area contributed by atoms with E-state index in [1.165, 1.54) is 25.0 Å². The molecule has 272 valence electrons. The normalized spacial score (nSPS) is 24.6. The molecule has 3 N–H and O–H groups in total. The van der Waals surface area contributed by atoms with E-state index in [1.807, 2.05) is 0 Å². The maximum absolute atomic E-state index is 13.8. The SMILES string of the molecule is CCN1C2CCC1CC(N1CCN(C(=O)CC3=C(C(=O)O)C(c4c(Cl)cccc4Cl)C(C(=O)O)=C(CS(=O)c4ccccc4)N3)CC1)C2.Cl.Cl. The van der Waals surface area contributed by atoms with Crippen LogP contribution in [0.2, 0.25) is 10.0 Å². The van der Waals surface area contributed by atoms with E-state index in [9.17, 15) is 28.8 Å². The van der Waals surface area contributed by atoms with Crippen molar-refractivity contribution in [3.63, 3.8) is 0 Å². The van der Waals surface area contributed by atoms with Crippen LogP contribution in [0.5, 0.6) is 0 Å². The maximum atomic E-state index is 13.8. The lowest BCUT2D eigenvalue weighted by atomic mass is 9.79. The van der Waals surface area contributed by atoms with E-state index in [0.29, 0.717) is 36.1 Å². The van der Waals surface area contributed by atoms with E-state index in [-0.39, 0.29) is 81.0 Å². The molecule has 6 rings (SSSR count). The Kier molecular flexibility index (Phi) is 13.8. The Morgan fingerprint density at radius 1 is 0.820 bits per heavy atom. The molecule has 1 amide bonds. The molecule has 4 heterocycles. The van der Waals surface area contributed by atoms with Gasteiger partial charge < -0.3 is 20.4 Å². The highest BCUT2D eigenvalue weighted by Crippen LogP contribution is 2.45. The van der Waals surface area contributed by atoms with E-state index >= 15 is 0 Å². The van der Waals surface area contributed by atoms with Crippen LogP contribution in [0.1, 0.15) is 50.5 Å². The molecule has 15 heteroatoms. The molecule has 4 atom stereocenters. The zero-order valence-corrected chi connectivity index (χ0v) is 31.5. The number of fused-ring (bicyclic) bond motifs is 2. The van der Waals surface area contributed by atoms with Crippen molar-refractivity contribution >= 4 is 76.7 Å². The summed E-state index contributed by atoms with van der Waals surface area (Å²) in [5.41, 5.74) is -0.496. The van der Waals surface area contributed by atoms with E-state index in [0.717, 1.165) is 32.5 Å². The molecule has 2 bridgehead atoms. The van der Waals surface area contributed by atoms with Crippen LogP contribution < -0.4 is 5.32 Å². The lowest BCUT2D eigenvalue weighted by molar-refractivity contribution is -0.133. The third kappa shape index (κ3) is 8.20. The van der Waals surface area contributed by atoms with Gasteiger partial charge in [-0.2, -0.15) is 0 Å². The number of hydrogen-bond acceptors (Lipinski definition) is 7. The Balaban J connectivity index is 0.00000281. The molecule has 2 aromatic carbocycles. The van der Waals surface area contributed by atoms with Crippen LogP contribution in [0.4, 0.5) is 0 Å². The van der Waals surface area contributed by atoms with Gasteiger partial charge in [0.1, 0.15) is 0 Å². The number of benzene rings is 2.